The zero-order chi connectivity index (χ0) is 14.2. The SMILES string of the molecule is Cc1cc(F)cc(NC2(CO)Cc3ccccc3C2)c1. The Morgan fingerprint density at radius 3 is 2.35 bits per heavy atom. The Morgan fingerprint density at radius 1 is 1.15 bits per heavy atom. The molecule has 3 rings (SSSR count). The smallest absolute Gasteiger partial charge is 0.125 e. The lowest BCUT2D eigenvalue weighted by molar-refractivity contribution is 0.216. The minimum atomic E-state index is -0.427. The molecule has 1 aliphatic rings. The fourth-order valence-electron chi connectivity index (χ4n) is 3.05. The van der Waals surface area contributed by atoms with E-state index in [4.69, 9.17) is 0 Å². The van der Waals surface area contributed by atoms with Gasteiger partial charge in [-0.25, -0.2) is 4.39 Å². The predicted octanol–water partition coefficient (Wildman–Crippen LogP) is 3.08. The van der Waals surface area contributed by atoms with Crippen molar-refractivity contribution in [2.24, 2.45) is 0 Å². The van der Waals surface area contributed by atoms with E-state index in [1.165, 1.54) is 23.3 Å². The Bertz CT molecular complexity index is 593. The monoisotopic (exact) mass is 271 g/mol. The summed E-state index contributed by atoms with van der Waals surface area (Å²) >= 11 is 0. The summed E-state index contributed by atoms with van der Waals surface area (Å²) in [6, 6.07) is 13.1. The molecule has 0 saturated heterocycles. The summed E-state index contributed by atoms with van der Waals surface area (Å²) < 4.78 is 13.5. The molecule has 3 heteroatoms. The molecule has 0 saturated carbocycles. The van der Waals surface area contributed by atoms with E-state index in [1.54, 1.807) is 0 Å². The summed E-state index contributed by atoms with van der Waals surface area (Å²) in [5, 5.41) is 13.2. The van der Waals surface area contributed by atoms with Crippen LogP contribution in [0, 0.1) is 12.7 Å². The number of rotatable bonds is 3. The molecule has 0 fully saturated rings. The van der Waals surface area contributed by atoms with E-state index < -0.39 is 5.54 Å². The molecule has 2 aromatic rings. The number of aryl methyl sites for hydroxylation is 1. The molecule has 0 unspecified atom stereocenters. The average Bonchev–Trinajstić information content (AvgIpc) is 2.76. The van der Waals surface area contributed by atoms with Gasteiger partial charge < -0.3 is 10.4 Å². The number of nitrogens with one attached hydrogen (secondary N) is 1. The van der Waals surface area contributed by atoms with E-state index in [2.05, 4.69) is 17.4 Å². The highest BCUT2D eigenvalue weighted by molar-refractivity contribution is 5.51. The van der Waals surface area contributed by atoms with Gasteiger partial charge in [0, 0.05) is 5.69 Å². The van der Waals surface area contributed by atoms with Gasteiger partial charge in [-0.1, -0.05) is 24.3 Å². The van der Waals surface area contributed by atoms with Crippen molar-refractivity contribution in [2.45, 2.75) is 25.3 Å². The summed E-state index contributed by atoms with van der Waals surface area (Å²) in [6.45, 7) is 1.89. The summed E-state index contributed by atoms with van der Waals surface area (Å²) in [5.74, 6) is -0.254. The molecule has 2 nitrogen and oxygen atoms in total. The van der Waals surface area contributed by atoms with Gasteiger partial charge in [0.2, 0.25) is 0 Å². The third-order valence-corrected chi connectivity index (χ3v) is 3.93. The number of hydrogen-bond acceptors (Lipinski definition) is 2. The van der Waals surface area contributed by atoms with Gasteiger partial charge in [-0.05, 0) is 54.7 Å². The number of aliphatic hydroxyl groups is 1. The van der Waals surface area contributed by atoms with Gasteiger partial charge in [-0.3, -0.25) is 0 Å². The second kappa shape index (κ2) is 4.91. The van der Waals surface area contributed by atoms with Crippen LogP contribution < -0.4 is 5.32 Å². The molecule has 20 heavy (non-hydrogen) atoms. The maximum absolute atomic E-state index is 13.5. The molecule has 0 bridgehead atoms. The number of fused-ring (bicyclic) bond motifs is 1. The number of hydrogen-bond donors (Lipinski definition) is 2. The first kappa shape index (κ1) is 13.1. The zero-order valence-corrected chi connectivity index (χ0v) is 11.5. The van der Waals surface area contributed by atoms with Gasteiger partial charge in [0.1, 0.15) is 5.82 Å². The van der Waals surface area contributed by atoms with E-state index >= 15 is 0 Å². The zero-order valence-electron chi connectivity index (χ0n) is 11.5. The van der Waals surface area contributed by atoms with E-state index in [0.717, 1.165) is 24.1 Å². The molecule has 104 valence electrons. The van der Waals surface area contributed by atoms with E-state index in [9.17, 15) is 9.50 Å². The van der Waals surface area contributed by atoms with Crippen LogP contribution in [0.1, 0.15) is 16.7 Å². The van der Waals surface area contributed by atoms with Crippen molar-refractivity contribution in [1.29, 1.82) is 0 Å². The Morgan fingerprint density at radius 2 is 1.80 bits per heavy atom. The standard InChI is InChI=1S/C17H18FNO/c1-12-6-15(18)8-16(7-12)19-17(11-20)9-13-4-2-3-5-14(13)10-17/h2-8,19-20H,9-11H2,1H3. The highest BCUT2D eigenvalue weighted by Crippen LogP contribution is 2.33. The third-order valence-electron chi connectivity index (χ3n) is 3.93. The Labute approximate surface area is 118 Å². The van der Waals surface area contributed by atoms with Crippen LogP contribution >= 0.6 is 0 Å². The van der Waals surface area contributed by atoms with Crippen LogP contribution in [0.15, 0.2) is 42.5 Å². The van der Waals surface area contributed by atoms with Crippen LogP contribution in [-0.4, -0.2) is 17.3 Å². The summed E-state index contributed by atoms with van der Waals surface area (Å²) in [6.07, 6.45) is 1.52. The summed E-state index contributed by atoms with van der Waals surface area (Å²) in [5.41, 5.74) is 3.68. The van der Waals surface area contributed by atoms with Crippen molar-refractivity contribution in [1.82, 2.24) is 0 Å². The first-order valence-electron chi connectivity index (χ1n) is 6.83. The molecule has 0 atom stereocenters. The molecule has 0 radical (unpaired) electrons. The minimum absolute atomic E-state index is 0.0250. The number of anilines is 1. The number of benzene rings is 2. The average molecular weight is 271 g/mol. The van der Waals surface area contributed by atoms with Crippen LogP contribution in [0.5, 0.6) is 0 Å². The maximum atomic E-state index is 13.5. The second-order valence-corrected chi connectivity index (χ2v) is 5.70. The molecule has 1 aliphatic carbocycles. The van der Waals surface area contributed by atoms with Crippen LogP contribution in [0.25, 0.3) is 0 Å². The van der Waals surface area contributed by atoms with Crippen molar-refractivity contribution in [3.8, 4) is 0 Å². The minimum Gasteiger partial charge on any atom is -0.394 e. The van der Waals surface area contributed by atoms with Gasteiger partial charge in [0.05, 0.1) is 12.1 Å². The van der Waals surface area contributed by atoms with E-state index in [1.807, 2.05) is 25.1 Å². The molecular formula is C17H18FNO. The quantitative estimate of drug-likeness (QED) is 0.899. The Kier molecular flexibility index (Phi) is 3.22. The van der Waals surface area contributed by atoms with Gasteiger partial charge in [-0.15, -0.1) is 0 Å². The topological polar surface area (TPSA) is 32.3 Å². The van der Waals surface area contributed by atoms with Crippen LogP contribution in [0.3, 0.4) is 0 Å². The van der Waals surface area contributed by atoms with Crippen molar-refractivity contribution in [3.05, 3.63) is 65.0 Å². The number of halogens is 1. The molecule has 2 aromatic carbocycles. The lowest BCUT2D eigenvalue weighted by Gasteiger charge is -2.29. The lowest BCUT2D eigenvalue weighted by Crippen LogP contribution is -2.43. The molecule has 0 aromatic heterocycles. The normalized spacial score (nSPS) is 15.9. The van der Waals surface area contributed by atoms with Crippen molar-refractivity contribution >= 4 is 5.69 Å². The van der Waals surface area contributed by atoms with E-state index in [-0.39, 0.29) is 12.4 Å². The molecule has 2 N–H and O–H groups in total. The molecular weight excluding hydrogens is 253 g/mol. The Balaban J connectivity index is 1.89. The summed E-state index contributed by atoms with van der Waals surface area (Å²) in [4.78, 5) is 0. The highest BCUT2D eigenvalue weighted by Gasteiger charge is 2.36. The van der Waals surface area contributed by atoms with Crippen molar-refractivity contribution < 1.29 is 9.50 Å². The molecule has 0 spiro atoms. The van der Waals surface area contributed by atoms with Crippen LogP contribution in [0.4, 0.5) is 10.1 Å². The van der Waals surface area contributed by atoms with Gasteiger partial charge in [0.25, 0.3) is 0 Å². The van der Waals surface area contributed by atoms with Gasteiger partial charge >= 0.3 is 0 Å². The lowest BCUT2D eigenvalue weighted by atomic mass is 9.96. The predicted molar refractivity (Wildman–Crippen MR) is 78.4 cm³/mol. The third kappa shape index (κ3) is 2.41. The Hall–Kier alpha value is -1.87. The molecule has 0 amide bonds. The first-order chi connectivity index (χ1) is 9.60. The fraction of sp³-hybridized carbons (Fsp3) is 0.294. The van der Waals surface area contributed by atoms with Crippen LogP contribution in [0.2, 0.25) is 0 Å². The molecule has 0 heterocycles. The van der Waals surface area contributed by atoms with E-state index in [0.29, 0.717) is 0 Å². The van der Waals surface area contributed by atoms with Gasteiger partial charge in [0.15, 0.2) is 0 Å². The first-order valence-corrected chi connectivity index (χ1v) is 6.83. The summed E-state index contributed by atoms with van der Waals surface area (Å²) in [7, 11) is 0. The van der Waals surface area contributed by atoms with Crippen LogP contribution in [-0.2, 0) is 12.8 Å². The molecule has 0 aliphatic heterocycles. The van der Waals surface area contributed by atoms with Crippen molar-refractivity contribution in [3.63, 3.8) is 0 Å². The van der Waals surface area contributed by atoms with Gasteiger partial charge in [-0.2, -0.15) is 0 Å². The number of aliphatic hydroxyl groups excluding tert-OH is 1. The largest absolute Gasteiger partial charge is 0.394 e. The fourth-order valence-corrected chi connectivity index (χ4v) is 3.05. The second-order valence-electron chi connectivity index (χ2n) is 5.70. The van der Waals surface area contributed by atoms with Crippen molar-refractivity contribution in [2.75, 3.05) is 11.9 Å². The maximum Gasteiger partial charge on any atom is 0.125 e. The highest BCUT2D eigenvalue weighted by atomic mass is 19.1.